The fourth-order valence-corrected chi connectivity index (χ4v) is 11.9. The molecule has 48 heavy (non-hydrogen) atoms. The van der Waals surface area contributed by atoms with Gasteiger partial charge in [-0.15, -0.1) is 0 Å². The molecule has 2 amide bonds. The number of hydrogen-bond donors (Lipinski definition) is 2. The molecule has 4 aromatic carbocycles. The van der Waals surface area contributed by atoms with Crippen LogP contribution in [-0.2, 0) is 21.7 Å². The van der Waals surface area contributed by atoms with Gasteiger partial charge in [0.1, 0.15) is 11.5 Å². The number of benzene rings is 4. The number of hydrogen-bond acceptors (Lipinski definition) is 6. The second kappa shape index (κ2) is 13.4. The molecule has 1 saturated heterocycles. The average molecular weight is 685 g/mol. The van der Waals surface area contributed by atoms with E-state index < -0.39 is 13.7 Å². The molecule has 0 bridgehead atoms. The van der Waals surface area contributed by atoms with Crippen molar-refractivity contribution < 1.29 is 28.9 Å². The van der Waals surface area contributed by atoms with Crippen molar-refractivity contribution in [3.63, 3.8) is 0 Å². The van der Waals surface area contributed by atoms with E-state index in [1.54, 1.807) is 49.5 Å². The molecule has 6 rings (SSSR count). The second-order valence-corrected chi connectivity index (χ2v) is 18.2. The van der Waals surface area contributed by atoms with Crippen LogP contribution in [0, 0.1) is 5.92 Å². The first kappa shape index (κ1) is 33.7. The molecule has 4 atom stereocenters. The van der Waals surface area contributed by atoms with E-state index in [1.165, 1.54) is 5.19 Å². The summed E-state index contributed by atoms with van der Waals surface area (Å²) in [7, 11) is 0.951. The Bertz CT molecular complexity index is 1800. The van der Waals surface area contributed by atoms with Crippen molar-refractivity contribution in [1.29, 1.82) is 0 Å². The highest BCUT2D eigenvalue weighted by Gasteiger charge is 2.66. The van der Waals surface area contributed by atoms with Gasteiger partial charge in [-0.2, -0.15) is 0 Å². The Morgan fingerprint density at radius 3 is 2.19 bits per heavy atom. The van der Waals surface area contributed by atoms with Gasteiger partial charge in [0.25, 0.3) is 11.8 Å². The summed E-state index contributed by atoms with van der Waals surface area (Å²) in [5.74, 6) is 0.920. The molecule has 2 heterocycles. The first-order valence-corrected chi connectivity index (χ1v) is 19.6. The molecule has 2 N–H and O–H groups in total. The minimum atomic E-state index is -2.29. The number of rotatable bonds is 10. The minimum absolute atomic E-state index is 0.0300. The number of anilines is 2. The van der Waals surface area contributed by atoms with Crippen LogP contribution in [0.25, 0.3) is 0 Å². The molecular formula is C38H41ClN2O6Si. The Labute approximate surface area is 287 Å². The Morgan fingerprint density at radius 1 is 0.958 bits per heavy atom. The lowest BCUT2D eigenvalue weighted by Gasteiger charge is -2.37. The molecule has 8 nitrogen and oxygen atoms in total. The standard InChI is InChI=1S/C38H41ClN2O6Si/c1-24-35(48(4,5)31-17-15-30(46-3)16-18-31)34(20-21-42)47-38(24)32-22-27(39)10-19-33(32)41(37(38)44)23-25-6-11-28(12-7-25)40-36(43)26-8-13-29(45-2)14-9-26/h6-19,22,24,34-35,42H,20-21,23H2,1-5H3,(H,40,43)/t24-,34+,35-,38+/m0/s1. The number of carbonyl (C=O) groups is 2. The highest BCUT2D eigenvalue weighted by atomic mass is 35.5. The Morgan fingerprint density at radius 2 is 1.58 bits per heavy atom. The summed E-state index contributed by atoms with van der Waals surface area (Å²) >= 11 is 6.59. The van der Waals surface area contributed by atoms with E-state index in [4.69, 9.17) is 25.8 Å². The van der Waals surface area contributed by atoms with Crippen LogP contribution in [0.1, 0.15) is 34.8 Å². The van der Waals surface area contributed by atoms with E-state index >= 15 is 0 Å². The summed E-state index contributed by atoms with van der Waals surface area (Å²) in [6.45, 7) is 7.01. The van der Waals surface area contributed by atoms with Crippen LogP contribution in [0.15, 0.2) is 91.0 Å². The zero-order valence-corrected chi connectivity index (χ0v) is 29.6. The van der Waals surface area contributed by atoms with Crippen molar-refractivity contribution in [2.45, 2.75) is 50.2 Å². The molecule has 250 valence electrons. The lowest BCUT2D eigenvalue weighted by molar-refractivity contribution is -0.146. The fourth-order valence-electron chi connectivity index (χ4n) is 7.66. The van der Waals surface area contributed by atoms with Gasteiger partial charge in [-0.3, -0.25) is 9.59 Å². The van der Waals surface area contributed by atoms with Crippen LogP contribution in [0.2, 0.25) is 23.7 Å². The van der Waals surface area contributed by atoms with E-state index in [0.29, 0.717) is 35.0 Å². The number of aliphatic hydroxyl groups is 1. The van der Waals surface area contributed by atoms with Crippen molar-refractivity contribution in [1.82, 2.24) is 0 Å². The molecule has 0 radical (unpaired) electrons. The maximum absolute atomic E-state index is 14.8. The maximum atomic E-state index is 14.8. The summed E-state index contributed by atoms with van der Waals surface area (Å²) in [6, 6.07) is 28.2. The summed E-state index contributed by atoms with van der Waals surface area (Å²) in [5.41, 5.74) is 2.37. The zero-order valence-electron chi connectivity index (χ0n) is 27.8. The Kier molecular flexibility index (Phi) is 9.41. The van der Waals surface area contributed by atoms with Crippen molar-refractivity contribution in [2.24, 2.45) is 5.92 Å². The first-order valence-electron chi connectivity index (χ1n) is 16.1. The van der Waals surface area contributed by atoms with Gasteiger partial charge in [0.15, 0.2) is 5.60 Å². The molecule has 1 fully saturated rings. The molecule has 0 unspecified atom stereocenters. The highest BCUT2D eigenvalue weighted by molar-refractivity contribution is 6.91. The van der Waals surface area contributed by atoms with Crippen LogP contribution in [0.3, 0.4) is 0 Å². The van der Waals surface area contributed by atoms with Crippen LogP contribution in [0.4, 0.5) is 11.4 Å². The number of nitrogens with one attached hydrogen (secondary N) is 1. The third-order valence-corrected chi connectivity index (χ3v) is 14.7. The van der Waals surface area contributed by atoms with Gasteiger partial charge >= 0.3 is 0 Å². The third-order valence-electron chi connectivity index (χ3n) is 10.1. The van der Waals surface area contributed by atoms with Crippen molar-refractivity contribution in [3.05, 3.63) is 113 Å². The lowest BCUT2D eigenvalue weighted by Crippen LogP contribution is -2.51. The van der Waals surface area contributed by atoms with Crippen molar-refractivity contribution >= 4 is 48.1 Å². The van der Waals surface area contributed by atoms with Crippen molar-refractivity contribution in [3.8, 4) is 11.5 Å². The third kappa shape index (κ3) is 5.89. The van der Waals surface area contributed by atoms with E-state index in [2.05, 4.69) is 37.5 Å². The smallest absolute Gasteiger partial charge is 0.264 e. The summed E-state index contributed by atoms with van der Waals surface area (Å²) in [5, 5.41) is 14.8. The zero-order chi connectivity index (χ0) is 34.2. The number of nitrogens with zero attached hydrogens (tertiary/aromatic N) is 1. The van der Waals surface area contributed by atoms with Crippen LogP contribution >= 0.6 is 11.6 Å². The molecule has 1 spiro atoms. The quantitative estimate of drug-likeness (QED) is 0.179. The molecular weight excluding hydrogens is 644 g/mol. The normalized spacial score (nSPS) is 21.8. The average Bonchev–Trinajstić information content (AvgIpc) is 3.51. The van der Waals surface area contributed by atoms with Gasteiger partial charge in [0, 0.05) is 34.4 Å². The number of fused-ring (bicyclic) bond motifs is 2. The Hall–Kier alpha value is -4.15. The van der Waals surface area contributed by atoms with Gasteiger partial charge in [-0.05, 0) is 84.3 Å². The van der Waals surface area contributed by atoms with E-state index in [1.807, 2.05) is 48.5 Å². The monoisotopic (exact) mass is 684 g/mol. The van der Waals surface area contributed by atoms with E-state index in [0.717, 1.165) is 22.6 Å². The molecule has 2 aliphatic heterocycles. The summed E-state index contributed by atoms with van der Waals surface area (Å²) in [4.78, 5) is 29.4. The second-order valence-electron chi connectivity index (χ2n) is 13.1. The SMILES string of the molecule is COc1ccc(C(=O)Nc2ccc(CN3C(=O)[C@]4(O[C@H](CCO)[C@@H]([Si](C)(C)c5ccc(OC)cc5)[C@@H]4C)c4cc(Cl)ccc43)cc2)cc1. The van der Waals surface area contributed by atoms with Crippen molar-refractivity contribution in [2.75, 3.05) is 31.0 Å². The first-order chi connectivity index (χ1) is 23.0. The largest absolute Gasteiger partial charge is 0.497 e. The van der Waals surface area contributed by atoms with Gasteiger partial charge in [-0.1, -0.05) is 61.1 Å². The summed E-state index contributed by atoms with van der Waals surface area (Å²) in [6.07, 6.45) is 0.106. The van der Waals surface area contributed by atoms with Gasteiger partial charge in [-0.25, -0.2) is 0 Å². The van der Waals surface area contributed by atoms with Gasteiger partial charge in [0.05, 0.1) is 40.6 Å². The molecule has 10 heteroatoms. The van der Waals surface area contributed by atoms with E-state index in [-0.39, 0.29) is 36.0 Å². The van der Waals surface area contributed by atoms with E-state index in [9.17, 15) is 14.7 Å². The minimum Gasteiger partial charge on any atom is -0.497 e. The van der Waals surface area contributed by atoms with Gasteiger partial charge < -0.3 is 29.5 Å². The number of methoxy groups -OCH3 is 2. The molecule has 0 aliphatic carbocycles. The number of ether oxygens (including phenoxy) is 3. The summed E-state index contributed by atoms with van der Waals surface area (Å²) < 4.78 is 17.5. The lowest BCUT2D eigenvalue weighted by atomic mass is 9.82. The molecule has 2 aliphatic rings. The molecule has 0 aromatic heterocycles. The molecule has 4 aromatic rings. The topological polar surface area (TPSA) is 97.3 Å². The maximum Gasteiger partial charge on any atom is 0.264 e. The number of amides is 2. The van der Waals surface area contributed by atoms with Gasteiger partial charge in [0.2, 0.25) is 0 Å². The Balaban J connectivity index is 1.29. The number of aliphatic hydroxyl groups excluding tert-OH is 1. The predicted octanol–water partition coefficient (Wildman–Crippen LogP) is 6.75. The number of halogens is 1. The van der Waals surface area contributed by atoms with Crippen LogP contribution in [0.5, 0.6) is 11.5 Å². The fraction of sp³-hybridized carbons (Fsp3) is 0.316. The number of carbonyl (C=O) groups excluding carboxylic acids is 2. The highest BCUT2D eigenvalue weighted by Crippen LogP contribution is 2.60. The van der Waals surface area contributed by atoms with Crippen LogP contribution in [-0.4, -0.2) is 51.9 Å². The predicted molar refractivity (Wildman–Crippen MR) is 191 cm³/mol. The molecule has 0 saturated carbocycles. The van der Waals surface area contributed by atoms with Crippen LogP contribution < -0.4 is 24.9 Å².